The average Bonchev–Trinajstić information content (AvgIpc) is 2.75. The molecule has 9 nitrogen and oxygen atoms in total. The third-order valence-electron chi connectivity index (χ3n) is 5.57. The van der Waals surface area contributed by atoms with E-state index in [1.165, 1.54) is 15.5 Å². The summed E-state index contributed by atoms with van der Waals surface area (Å²) in [5, 5.41) is 0. The molecule has 0 saturated carbocycles. The number of rotatable bonds is 7. The monoisotopic (exact) mass is 467 g/mol. The molecule has 2 aliphatic heterocycles. The second-order valence-corrected chi connectivity index (χ2v) is 9.89. The van der Waals surface area contributed by atoms with Crippen LogP contribution in [0, 0.1) is 5.82 Å². The van der Waals surface area contributed by atoms with E-state index in [4.69, 9.17) is 4.74 Å². The van der Waals surface area contributed by atoms with Crippen molar-refractivity contribution in [2.75, 3.05) is 45.0 Å². The number of anilines is 1. The summed E-state index contributed by atoms with van der Waals surface area (Å²) >= 11 is 0. The van der Waals surface area contributed by atoms with E-state index in [0.717, 1.165) is 0 Å². The van der Waals surface area contributed by atoms with Gasteiger partial charge in [0, 0.05) is 51.1 Å². The van der Waals surface area contributed by atoms with Crippen molar-refractivity contribution in [2.24, 2.45) is 0 Å². The Labute approximate surface area is 188 Å². The highest BCUT2D eigenvalue weighted by molar-refractivity contribution is 7.88. The number of halogens is 1. The van der Waals surface area contributed by atoms with Crippen molar-refractivity contribution in [3.63, 3.8) is 0 Å². The van der Waals surface area contributed by atoms with Crippen LogP contribution in [-0.2, 0) is 21.3 Å². The van der Waals surface area contributed by atoms with Crippen molar-refractivity contribution in [2.45, 2.75) is 25.6 Å². The molecule has 3 rings (SSSR count). The van der Waals surface area contributed by atoms with Gasteiger partial charge in [0.25, 0.3) is 0 Å². The van der Waals surface area contributed by atoms with Gasteiger partial charge in [0.1, 0.15) is 0 Å². The standard InChI is InChI=1S/C21H30FN5O4S/c1-16-7-4-5-10-27(16)21(28)24-23-19-9-6-8-17(20(19)22)13-25-11-12-26(32(3,29)30)14-18(25)15-31-2/h4-10,16,18,23H,11-15H2,1-3H3,(H,24,28)/t16?,18-/m1/s1. The first-order chi connectivity index (χ1) is 15.2. The van der Waals surface area contributed by atoms with E-state index in [9.17, 15) is 13.2 Å². The molecular formula is C21H30FN5O4S. The van der Waals surface area contributed by atoms with Crippen LogP contribution in [0.1, 0.15) is 12.5 Å². The molecule has 176 valence electrons. The molecule has 11 heteroatoms. The number of carbonyl (C=O) groups excluding carboxylic acids is 1. The van der Waals surface area contributed by atoms with E-state index in [2.05, 4.69) is 10.9 Å². The molecule has 32 heavy (non-hydrogen) atoms. The molecule has 0 aliphatic carbocycles. The molecule has 2 amide bonds. The number of amides is 2. The van der Waals surface area contributed by atoms with Gasteiger partial charge in [-0.25, -0.2) is 17.6 Å². The zero-order valence-electron chi connectivity index (χ0n) is 18.5. The van der Waals surface area contributed by atoms with Gasteiger partial charge in [-0.3, -0.25) is 20.7 Å². The molecular weight excluding hydrogens is 437 g/mol. The average molecular weight is 468 g/mol. The van der Waals surface area contributed by atoms with E-state index in [0.29, 0.717) is 25.3 Å². The number of nitrogens with zero attached hydrogens (tertiary/aromatic N) is 3. The van der Waals surface area contributed by atoms with Gasteiger partial charge in [0.15, 0.2) is 5.82 Å². The minimum Gasteiger partial charge on any atom is -0.383 e. The molecule has 1 fully saturated rings. The molecule has 1 unspecified atom stereocenters. The van der Waals surface area contributed by atoms with Crippen molar-refractivity contribution < 1.29 is 22.3 Å². The minimum atomic E-state index is -3.30. The summed E-state index contributed by atoms with van der Waals surface area (Å²) in [7, 11) is -1.75. The second-order valence-electron chi connectivity index (χ2n) is 7.91. The van der Waals surface area contributed by atoms with Gasteiger partial charge >= 0.3 is 6.03 Å². The number of methoxy groups -OCH3 is 1. The normalized spacial score (nSPS) is 22.2. The van der Waals surface area contributed by atoms with Crippen LogP contribution in [0.25, 0.3) is 0 Å². The zero-order valence-corrected chi connectivity index (χ0v) is 19.3. The highest BCUT2D eigenvalue weighted by Gasteiger charge is 2.31. The predicted molar refractivity (Wildman–Crippen MR) is 121 cm³/mol. The maximum Gasteiger partial charge on any atom is 0.340 e. The number of nitrogens with one attached hydrogen (secondary N) is 2. The maximum atomic E-state index is 15.2. The fourth-order valence-electron chi connectivity index (χ4n) is 3.78. The van der Waals surface area contributed by atoms with Gasteiger partial charge in [0.2, 0.25) is 10.0 Å². The molecule has 2 heterocycles. The van der Waals surface area contributed by atoms with Gasteiger partial charge in [-0.1, -0.05) is 24.3 Å². The van der Waals surface area contributed by atoms with Crippen LogP contribution in [0.2, 0.25) is 0 Å². The number of carbonyl (C=O) groups is 1. The van der Waals surface area contributed by atoms with Gasteiger partial charge in [-0.2, -0.15) is 4.31 Å². The fraction of sp³-hybridized carbons (Fsp3) is 0.476. The van der Waals surface area contributed by atoms with Crippen molar-refractivity contribution in [3.05, 3.63) is 54.0 Å². The minimum absolute atomic E-state index is 0.110. The topological polar surface area (TPSA) is 94.2 Å². The third-order valence-corrected chi connectivity index (χ3v) is 6.84. The lowest BCUT2D eigenvalue weighted by Crippen LogP contribution is -2.55. The molecule has 2 aliphatic rings. The Morgan fingerprint density at radius 3 is 2.75 bits per heavy atom. The largest absolute Gasteiger partial charge is 0.383 e. The quantitative estimate of drug-likeness (QED) is 0.594. The highest BCUT2D eigenvalue weighted by Crippen LogP contribution is 2.22. The summed E-state index contributed by atoms with van der Waals surface area (Å²) < 4.78 is 45.7. The van der Waals surface area contributed by atoms with E-state index in [1.807, 2.05) is 24.0 Å². The van der Waals surface area contributed by atoms with E-state index >= 15 is 4.39 Å². The molecule has 0 radical (unpaired) electrons. The number of hydrogen-bond donors (Lipinski definition) is 2. The van der Waals surface area contributed by atoms with Gasteiger partial charge in [0.05, 0.1) is 24.6 Å². The number of hydrazine groups is 1. The van der Waals surface area contributed by atoms with E-state index in [-0.39, 0.29) is 30.9 Å². The maximum absolute atomic E-state index is 15.2. The summed E-state index contributed by atoms with van der Waals surface area (Å²) in [6.07, 6.45) is 8.33. The third kappa shape index (κ3) is 5.85. The smallest absolute Gasteiger partial charge is 0.340 e. The highest BCUT2D eigenvalue weighted by atomic mass is 32.2. The molecule has 1 aromatic rings. The van der Waals surface area contributed by atoms with Crippen LogP contribution in [0.15, 0.2) is 42.6 Å². The number of urea groups is 1. The SMILES string of the molecule is COC[C@H]1CN(S(C)(=O)=O)CCN1Cc1cccc(NNC(=O)N2C=CC=CC2C)c1F. The first-order valence-electron chi connectivity index (χ1n) is 10.4. The van der Waals surface area contributed by atoms with Crippen LogP contribution >= 0.6 is 0 Å². The number of benzene rings is 1. The van der Waals surface area contributed by atoms with Crippen molar-refractivity contribution in [3.8, 4) is 0 Å². The first kappa shape index (κ1) is 24.2. The second kappa shape index (κ2) is 10.4. The van der Waals surface area contributed by atoms with Crippen molar-refractivity contribution in [1.29, 1.82) is 0 Å². The molecule has 0 spiro atoms. The predicted octanol–water partition coefficient (Wildman–Crippen LogP) is 1.73. The molecule has 2 N–H and O–H groups in total. The van der Waals surface area contributed by atoms with Crippen LogP contribution in [0.3, 0.4) is 0 Å². The van der Waals surface area contributed by atoms with Gasteiger partial charge in [-0.05, 0) is 19.1 Å². The Morgan fingerprint density at radius 2 is 2.06 bits per heavy atom. The molecule has 1 aromatic carbocycles. The number of hydrogen-bond acceptors (Lipinski definition) is 6. The number of ether oxygens (including phenoxy) is 1. The Bertz CT molecular complexity index is 984. The van der Waals surface area contributed by atoms with E-state index < -0.39 is 21.9 Å². The molecule has 2 atom stereocenters. The summed E-state index contributed by atoms with van der Waals surface area (Å²) in [5.41, 5.74) is 5.78. The summed E-state index contributed by atoms with van der Waals surface area (Å²) in [6.45, 7) is 3.58. The van der Waals surface area contributed by atoms with Crippen molar-refractivity contribution >= 4 is 21.7 Å². The van der Waals surface area contributed by atoms with Crippen LogP contribution in [0.4, 0.5) is 14.9 Å². The molecule has 1 saturated heterocycles. The van der Waals surface area contributed by atoms with Crippen LogP contribution in [0.5, 0.6) is 0 Å². The Morgan fingerprint density at radius 1 is 1.28 bits per heavy atom. The summed E-state index contributed by atoms with van der Waals surface area (Å²) in [4.78, 5) is 15.9. The van der Waals surface area contributed by atoms with Crippen LogP contribution in [-0.4, -0.2) is 80.2 Å². The Hall–Kier alpha value is -2.47. The fourth-order valence-corrected chi connectivity index (χ4v) is 4.63. The van der Waals surface area contributed by atoms with Gasteiger partial charge < -0.3 is 4.74 Å². The lowest BCUT2D eigenvalue weighted by molar-refractivity contribution is 0.0452. The molecule has 0 bridgehead atoms. The van der Waals surface area contributed by atoms with E-state index in [1.54, 1.807) is 37.6 Å². The number of sulfonamides is 1. The van der Waals surface area contributed by atoms with Crippen LogP contribution < -0.4 is 10.9 Å². The first-order valence-corrected chi connectivity index (χ1v) is 12.2. The lowest BCUT2D eigenvalue weighted by Gasteiger charge is -2.40. The molecule has 0 aromatic heterocycles. The number of piperazine rings is 1. The zero-order chi connectivity index (χ0) is 23.3. The Balaban J connectivity index is 1.66. The number of allylic oxidation sites excluding steroid dienone is 2. The Kier molecular flexibility index (Phi) is 7.88. The lowest BCUT2D eigenvalue weighted by atomic mass is 10.1. The van der Waals surface area contributed by atoms with Crippen molar-refractivity contribution in [1.82, 2.24) is 19.5 Å². The van der Waals surface area contributed by atoms with Gasteiger partial charge in [-0.15, -0.1) is 0 Å². The summed E-state index contributed by atoms with van der Waals surface area (Å²) in [6, 6.07) is 4.22. The summed E-state index contributed by atoms with van der Waals surface area (Å²) in [5.74, 6) is -0.475.